The zero-order valence-electron chi connectivity index (χ0n) is 50.4. The maximum absolute atomic E-state index is 13.6. The molecule has 520 valence electrons. The first-order chi connectivity index (χ1) is 45.7. The molecule has 3 aromatic rings. The number of hydrogen-bond donors (Lipinski definition) is 15. The third-order valence-electron chi connectivity index (χ3n) is 15.5. The van der Waals surface area contributed by atoms with Gasteiger partial charge in [0.05, 0.1) is 32.5 Å². The van der Waals surface area contributed by atoms with Crippen LogP contribution in [0.1, 0.15) is 17.5 Å². The summed E-state index contributed by atoms with van der Waals surface area (Å²) in [6.45, 7) is -3.51. The van der Waals surface area contributed by atoms with Crippen LogP contribution in [0.15, 0.2) is 100 Å². The third kappa shape index (κ3) is 16.8. The molecule has 6 aliphatic rings. The highest BCUT2D eigenvalue weighted by atomic mass is 16.8. The molecule has 16 N–H and O–H groups in total. The SMILES string of the molecule is COc1cc(C=CC(=O)OC[C@H]2O[C@@H](Oc3cc4c(O[C@@H]5O[C@H](COC(=O)CC(=O)O)[C@@H](O[C@@H]6O[C@H](CO)[C@@H](O)[C@H](O)[C@H]6O)[C@H](O)[C@H]5O)cc(=O)cc-4oc3-c3ccc(O)cc3)[C@H](O[C@@H]3O[C@H](COC(=[OH+])C=Cc4ccc(O)c(OC)c4)[C@@H](O)[C@H](O)[C@H]3O)[C@@H](O)[C@@H]2O)ccc1O. The van der Waals surface area contributed by atoms with E-state index < -0.39 is 196 Å². The molecular weight excluding hydrogens is 1290 g/mol. The molecule has 3 aromatic carbocycles. The monoisotopic (exact) mass is 1360 g/mol. The largest absolute Gasteiger partial charge is 0.510 e. The molecule has 0 aromatic heterocycles. The first-order valence-electron chi connectivity index (χ1n) is 29.2. The Labute approximate surface area is 541 Å². The number of aliphatic hydroxyl groups excluding tert-OH is 11. The minimum absolute atomic E-state index is 0.0735. The first kappa shape index (κ1) is 71.7. The standard InChI is InChI=1S/C62H68O34/c1-83-35-15-25(3-11-31(35)66)5-13-43(70)85-22-39-47(74)50(77)54(81)61(92-39)96-58-51(78)48(75)40(23-86-44(71)14-6-26-4-12-32(67)36(16-26)84-2)93-62(58)90-37-19-30-33(88-56(37)27-7-9-28(64)10-8-27)17-29(65)18-34(30)89-59-55(82)52(79)57(41(94-59)24-87-45(72)20-42(68)69)95-60-53(80)49(76)46(73)38(21-63)91-60/h3-19,38-41,46-55,57-64,66-67,73-82H,20-24H2,1-2H3,(H,68,69)/p+1/t38-,39-,40-,41-,46-,47-,48-,49+,50+,51+,52-,53-,54-,55-,57-,58-,59-,60+,61+,62-/m1/s1. The van der Waals surface area contributed by atoms with E-state index in [2.05, 4.69) is 0 Å². The van der Waals surface area contributed by atoms with E-state index in [0.717, 1.165) is 30.4 Å². The maximum atomic E-state index is 13.6. The minimum Gasteiger partial charge on any atom is -0.508 e. The predicted molar refractivity (Wildman–Crippen MR) is 316 cm³/mol. The number of rotatable bonds is 24. The number of ether oxygens (including phenoxy) is 13. The molecule has 0 unspecified atom stereocenters. The molecule has 4 fully saturated rings. The molecule has 5 heterocycles. The second-order valence-corrected chi connectivity index (χ2v) is 22.1. The van der Waals surface area contributed by atoms with Gasteiger partial charge in [0.1, 0.15) is 128 Å². The van der Waals surface area contributed by atoms with Crippen LogP contribution in [-0.2, 0) is 57.0 Å². The van der Waals surface area contributed by atoms with Crippen LogP contribution in [0.5, 0.6) is 40.2 Å². The second-order valence-electron chi connectivity index (χ2n) is 22.1. The van der Waals surface area contributed by atoms with Crippen molar-refractivity contribution >= 4 is 36.0 Å². The minimum atomic E-state index is -2.26. The molecule has 0 radical (unpaired) electrons. The van der Waals surface area contributed by atoms with Gasteiger partial charge in [-0.05, 0) is 77.9 Å². The van der Waals surface area contributed by atoms with E-state index in [0.29, 0.717) is 11.1 Å². The van der Waals surface area contributed by atoms with Gasteiger partial charge in [-0.3, -0.25) is 14.4 Å². The van der Waals surface area contributed by atoms with Gasteiger partial charge >= 0.3 is 23.9 Å². The number of carboxylic acids is 1. The van der Waals surface area contributed by atoms with Gasteiger partial charge < -0.3 is 147 Å². The average molecular weight is 1360 g/mol. The fourth-order valence-electron chi connectivity index (χ4n) is 10.4. The number of phenols is 3. The fraction of sp³-hybridized carbons (Fsp3) is 0.435. The van der Waals surface area contributed by atoms with Crippen LogP contribution < -0.4 is 24.4 Å². The molecule has 0 spiro atoms. The van der Waals surface area contributed by atoms with E-state index in [-0.39, 0.29) is 51.4 Å². The molecule has 1 aliphatic carbocycles. The molecule has 34 heteroatoms. The molecule has 9 rings (SSSR count). The predicted octanol–water partition coefficient (Wildman–Crippen LogP) is -2.92. The number of fused-ring (bicyclic) bond motifs is 1. The van der Waals surface area contributed by atoms with E-state index in [9.17, 15) is 101 Å². The molecular formula is C62H69O34+. The molecule has 20 atom stereocenters. The maximum Gasteiger partial charge on any atom is 0.510 e. The quantitative estimate of drug-likeness (QED) is 0.00967. The van der Waals surface area contributed by atoms with Crippen molar-refractivity contribution < 1.29 is 162 Å². The van der Waals surface area contributed by atoms with Crippen LogP contribution in [-0.4, -0.2) is 269 Å². The van der Waals surface area contributed by atoms with Crippen molar-refractivity contribution in [1.82, 2.24) is 0 Å². The van der Waals surface area contributed by atoms with Crippen LogP contribution in [0.25, 0.3) is 34.8 Å². The summed E-state index contributed by atoms with van der Waals surface area (Å²) < 4.78 is 80.3. The summed E-state index contributed by atoms with van der Waals surface area (Å²) in [6.07, 6.45) is -36.7. The highest BCUT2D eigenvalue weighted by Gasteiger charge is 2.54. The fourth-order valence-corrected chi connectivity index (χ4v) is 10.4. The van der Waals surface area contributed by atoms with Crippen LogP contribution in [0.2, 0.25) is 0 Å². The molecule has 4 saturated heterocycles. The van der Waals surface area contributed by atoms with Crippen molar-refractivity contribution in [1.29, 1.82) is 0 Å². The Kier molecular flexibility index (Phi) is 23.5. The Bertz CT molecular complexity index is 3590. The van der Waals surface area contributed by atoms with E-state index >= 15 is 0 Å². The molecule has 0 amide bonds. The van der Waals surface area contributed by atoms with E-state index in [4.69, 9.17) is 66.0 Å². The Morgan fingerprint density at radius 1 is 0.521 bits per heavy atom. The van der Waals surface area contributed by atoms with Crippen LogP contribution >= 0.6 is 0 Å². The number of phenolic OH excluding ortho intramolecular Hbond substituents is 3. The Balaban J connectivity index is 1.05. The third-order valence-corrected chi connectivity index (χ3v) is 15.5. The van der Waals surface area contributed by atoms with Gasteiger partial charge in [0.15, 0.2) is 58.6 Å². The van der Waals surface area contributed by atoms with Crippen LogP contribution in [0.4, 0.5) is 0 Å². The van der Waals surface area contributed by atoms with Crippen molar-refractivity contribution in [2.24, 2.45) is 0 Å². The number of hydrogen-bond acceptors (Lipinski definition) is 32. The van der Waals surface area contributed by atoms with Gasteiger partial charge in [0.2, 0.25) is 19.2 Å². The van der Waals surface area contributed by atoms with Gasteiger partial charge in [-0.25, -0.2) is 4.79 Å². The number of methoxy groups -OCH3 is 2. The highest BCUT2D eigenvalue weighted by Crippen LogP contribution is 2.44. The summed E-state index contributed by atoms with van der Waals surface area (Å²) in [4.78, 5) is 61.3. The second kappa shape index (κ2) is 31.5. The number of aliphatic carboxylic acids is 1. The normalized spacial score (nSPS) is 30.8. The number of aromatic hydroxyl groups is 3. The molecule has 5 aliphatic heterocycles. The number of benzene rings is 4. The average Bonchev–Trinajstić information content (AvgIpc) is 0.773. The van der Waals surface area contributed by atoms with Crippen molar-refractivity contribution in [3.63, 3.8) is 0 Å². The zero-order chi connectivity index (χ0) is 69.4. The molecule has 0 bridgehead atoms. The lowest BCUT2D eigenvalue weighted by Gasteiger charge is -2.46. The molecule has 96 heavy (non-hydrogen) atoms. The number of esters is 3. The van der Waals surface area contributed by atoms with Crippen molar-refractivity contribution in [2.75, 3.05) is 40.6 Å². The summed E-state index contributed by atoms with van der Waals surface area (Å²) in [5, 5.41) is 162. The Hall–Kier alpha value is -8.63. The van der Waals surface area contributed by atoms with Crippen molar-refractivity contribution in [3.05, 3.63) is 112 Å². The Morgan fingerprint density at radius 3 is 1.64 bits per heavy atom. The summed E-state index contributed by atoms with van der Waals surface area (Å²) in [6, 6.07) is 16.4. The van der Waals surface area contributed by atoms with Gasteiger partial charge in [-0.1, -0.05) is 12.1 Å². The summed E-state index contributed by atoms with van der Waals surface area (Å²) >= 11 is 0. The Morgan fingerprint density at radius 2 is 1.03 bits per heavy atom. The smallest absolute Gasteiger partial charge is 0.508 e. The molecule has 0 saturated carbocycles. The van der Waals surface area contributed by atoms with Crippen molar-refractivity contribution in [3.8, 4) is 62.9 Å². The highest BCUT2D eigenvalue weighted by molar-refractivity contribution is 5.90. The topological polar surface area (TPSA) is 526 Å². The van der Waals surface area contributed by atoms with Crippen LogP contribution in [0.3, 0.4) is 0 Å². The van der Waals surface area contributed by atoms with E-state index in [1.807, 2.05) is 0 Å². The number of carbonyl (C=O) groups is 3. The first-order valence-corrected chi connectivity index (χ1v) is 29.2. The van der Waals surface area contributed by atoms with Gasteiger partial charge in [-0.2, -0.15) is 0 Å². The number of aliphatic hydroxyl groups is 11. The lowest BCUT2D eigenvalue weighted by Crippen LogP contribution is -2.65. The van der Waals surface area contributed by atoms with E-state index in [1.165, 1.54) is 87.0 Å². The van der Waals surface area contributed by atoms with Gasteiger partial charge in [-0.15, -0.1) is 0 Å². The van der Waals surface area contributed by atoms with Crippen LogP contribution in [0, 0.1) is 0 Å². The van der Waals surface area contributed by atoms with Crippen molar-refractivity contribution in [2.45, 2.75) is 129 Å². The zero-order valence-corrected chi connectivity index (χ0v) is 50.4. The summed E-state index contributed by atoms with van der Waals surface area (Å²) in [7, 11) is 2.63. The molecule has 34 nitrogen and oxygen atoms in total. The summed E-state index contributed by atoms with van der Waals surface area (Å²) in [5.41, 5.74) is -0.234. The van der Waals surface area contributed by atoms with Gasteiger partial charge in [0, 0.05) is 23.8 Å². The number of carbonyl (C=O) groups excluding carboxylic acids is 3. The lowest BCUT2D eigenvalue weighted by molar-refractivity contribution is -0.357. The number of carboxylic acid groups (broad SMARTS) is 1. The summed E-state index contributed by atoms with van der Waals surface area (Å²) in [5.74, 6) is -6.84. The van der Waals surface area contributed by atoms with E-state index in [1.54, 1.807) is 0 Å². The van der Waals surface area contributed by atoms with Gasteiger partial charge in [0.25, 0.3) is 0 Å². The lowest BCUT2D eigenvalue weighted by atomic mass is 9.97.